The molecule has 17 heavy (non-hydrogen) atoms. The lowest BCUT2D eigenvalue weighted by Crippen LogP contribution is -2.46. The molecule has 2 rings (SSSR count). The Bertz CT molecular complexity index is 449. The summed E-state index contributed by atoms with van der Waals surface area (Å²) in [6.07, 6.45) is 1.29. The first-order chi connectivity index (χ1) is 8.22. The van der Waals surface area contributed by atoms with Crippen molar-refractivity contribution in [2.75, 3.05) is 20.3 Å². The second-order valence-corrected chi connectivity index (χ2v) is 4.71. The van der Waals surface area contributed by atoms with Crippen LogP contribution in [0.2, 0.25) is 5.02 Å². The summed E-state index contributed by atoms with van der Waals surface area (Å²) in [6, 6.07) is 7.77. The molecule has 0 aromatic heterocycles. The van der Waals surface area contributed by atoms with E-state index in [4.69, 9.17) is 26.3 Å². The number of rotatable bonds is 4. The second-order valence-electron chi connectivity index (χ2n) is 4.28. The summed E-state index contributed by atoms with van der Waals surface area (Å²) in [6.45, 7) is 1.26. The highest BCUT2D eigenvalue weighted by molar-refractivity contribution is 6.30. The van der Waals surface area contributed by atoms with Crippen LogP contribution in [0.1, 0.15) is 18.4 Å². The van der Waals surface area contributed by atoms with Crippen molar-refractivity contribution in [3.8, 4) is 11.8 Å². The van der Waals surface area contributed by atoms with Gasteiger partial charge in [-0.3, -0.25) is 0 Å². The van der Waals surface area contributed by atoms with Crippen molar-refractivity contribution < 1.29 is 9.47 Å². The summed E-state index contributed by atoms with van der Waals surface area (Å²) in [5.41, 5.74) is 0.945. The van der Waals surface area contributed by atoms with E-state index in [-0.39, 0.29) is 5.41 Å². The first-order valence-electron chi connectivity index (χ1n) is 5.50. The van der Waals surface area contributed by atoms with Gasteiger partial charge in [0.2, 0.25) is 0 Å². The Morgan fingerprint density at radius 1 is 1.53 bits per heavy atom. The van der Waals surface area contributed by atoms with Crippen LogP contribution in [0.3, 0.4) is 0 Å². The Hall–Kier alpha value is -1.24. The molecular formula is C13H14ClNO2. The maximum Gasteiger partial charge on any atom is 0.122 e. The van der Waals surface area contributed by atoms with Crippen molar-refractivity contribution in [1.29, 1.82) is 5.26 Å². The van der Waals surface area contributed by atoms with E-state index >= 15 is 0 Å². The predicted molar refractivity (Wildman–Crippen MR) is 65.3 cm³/mol. The fourth-order valence-corrected chi connectivity index (χ4v) is 2.34. The first-order valence-corrected chi connectivity index (χ1v) is 5.88. The fraction of sp³-hybridized carbons (Fsp3) is 0.462. The number of nitriles is 1. The van der Waals surface area contributed by atoms with E-state index in [1.807, 2.05) is 12.1 Å². The van der Waals surface area contributed by atoms with E-state index in [0.717, 1.165) is 17.7 Å². The molecule has 1 heterocycles. The third-order valence-corrected chi connectivity index (χ3v) is 3.44. The zero-order valence-electron chi connectivity index (χ0n) is 9.70. The van der Waals surface area contributed by atoms with E-state index in [9.17, 15) is 0 Å². The topological polar surface area (TPSA) is 42.2 Å². The average molecular weight is 252 g/mol. The Morgan fingerprint density at radius 2 is 2.29 bits per heavy atom. The zero-order valence-corrected chi connectivity index (χ0v) is 10.5. The zero-order chi connectivity index (χ0) is 12.3. The summed E-state index contributed by atoms with van der Waals surface area (Å²) in [4.78, 5) is 0. The minimum atomic E-state index is -0.105. The average Bonchev–Trinajstić information content (AvgIpc) is 2.28. The van der Waals surface area contributed by atoms with Crippen LogP contribution in [0.15, 0.2) is 18.2 Å². The molecular weight excluding hydrogens is 238 g/mol. The van der Waals surface area contributed by atoms with Crippen LogP contribution in [0.4, 0.5) is 0 Å². The molecule has 0 aliphatic carbocycles. The van der Waals surface area contributed by atoms with Crippen molar-refractivity contribution in [3.05, 3.63) is 28.8 Å². The summed E-state index contributed by atoms with van der Waals surface area (Å²) in [5.74, 6) is 0.815. The van der Waals surface area contributed by atoms with Gasteiger partial charge in [-0.2, -0.15) is 5.26 Å². The Kier molecular flexibility index (Phi) is 3.56. The van der Waals surface area contributed by atoms with Crippen molar-refractivity contribution in [2.45, 2.75) is 18.3 Å². The number of methoxy groups -OCH3 is 1. The summed E-state index contributed by atoms with van der Waals surface area (Å²) < 4.78 is 10.7. The predicted octanol–water partition coefficient (Wildman–Crippen LogP) is 2.92. The van der Waals surface area contributed by atoms with Crippen LogP contribution in [0.5, 0.6) is 5.75 Å². The molecule has 0 N–H and O–H groups in total. The molecule has 4 heteroatoms. The third-order valence-electron chi connectivity index (χ3n) is 3.20. The monoisotopic (exact) mass is 251 g/mol. The number of hydrogen-bond donors (Lipinski definition) is 0. The van der Waals surface area contributed by atoms with Crippen LogP contribution in [-0.2, 0) is 10.2 Å². The Morgan fingerprint density at radius 3 is 2.82 bits per heavy atom. The summed E-state index contributed by atoms with van der Waals surface area (Å²) in [5, 5.41) is 9.41. The fourth-order valence-electron chi connectivity index (χ4n) is 2.17. The van der Waals surface area contributed by atoms with E-state index in [1.165, 1.54) is 0 Å². The van der Waals surface area contributed by atoms with Crippen molar-refractivity contribution in [1.82, 2.24) is 0 Å². The van der Waals surface area contributed by atoms with Crippen molar-refractivity contribution >= 4 is 11.6 Å². The lowest BCUT2D eigenvalue weighted by molar-refractivity contribution is -0.0645. The molecule has 0 atom stereocenters. The number of benzene rings is 1. The van der Waals surface area contributed by atoms with Gasteiger partial charge in [0.05, 0.1) is 26.4 Å². The van der Waals surface area contributed by atoms with Gasteiger partial charge >= 0.3 is 0 Å². The molecule has 1 saturated heterocycles. The van der Waals surface area contributed by atoms with Gasteiger partial charge in [0.1, 0.15) is 5.75 Å². The molecule has 0 spiro atoms. The minimum absolute atomic E-state index is 0.105. The van der Waals surface area contributed by atoms with Crippen LogP contribution in [-0.4, -0.2) is 20.3 Å². The second kappa shape index (κ2) is 4.95. The molecule has 0 saturated carbocycles. The molecule has 0 bridgehead atoms. The van der Waals surface area contributed by atoms with Gasteiger partial charge in [0.15, 0.2) is 0 Å². The molecule has 1 aromatic rings. The molecule has 0 unspecified atom stereocenters. The lowest BCUT2D eigenvalue weighted by Gasteiger charge is -2.42. The normalized spacial score (nSPS) is 17.0. The van der Waals surface area contributed by atoms with E-state index < -0.39 is 0 Å². The molecule has 0 radical (unpaired) electrons. The van der Waals surface area contributed by atoms with Gasteiger partial charge in [-0.1, -0.05) is 11.6 Å². The Balaban J connectivity index is 2.36. The molecule has 90 valence electrons. The number of ether oxygens (including phenoxy) is 2. The molecule has 1 aliphatic heterocycles. The molecule has 1 fully saturated rings. The third kappa shape index (κ3) is 2.24. The highest BCUT2D eigenvalue weighted by atomic mass is 35.5. The van der Waals surface area contributed by atoms with E-state index in [0.29, 0.717) is 24.7 Å². The van der Waals surface area contributed by atoms with Gasteiger partial charge in [-0.25, -0.2) is 0 Å². The van der Waals surface area contributed by atoms with Gasteiger partial charge in [-0.05, 0) is 24.6 Å². The number of hydrogen-bond acceptors (Lipinski definition) is 3. The van der Waals surface area contributed by atoms with Gasteiger partial charge < -0.3 is 9.47 Å². The Labute approximate surface area is 106 Å². The van der Waals surface area contributed by atoms with Gasteiger partial charge in [-0.15, -0.1) is 0 Å². The van der Waals surface area contributed by atoms with E-state index in [2.05, 4.69) is 6.07 Å². The van der Waals surface area contributed by atoms with Gasteiger partial charge in [0.25, 0.3) is 0 Å². The van der Waals surface area contributed by atoms with Crippen LogP contribution >= 0.6 is 11.6 Å². The summed E-state index contributed by atoms with van der Waals surface area (Å²) in [7, 11) is 1.64. The highest BCUT2D eigenvalue weighted by Gasteiger charge is 2.42. The molecule has 1 aromatic carbocycles. The van der Waals surface area contributed by atoms with Crippen LogP contribution < -0.4 is 4.74 Å². The molecule has 3 nitrogen and oxygen atoms in total. The number of halogens is 1. The first kappa shape index (κ1) is 12.2. The van der Waals surface area contributed by atoms with E-state index in [1.54, 1.807) is 13.2 Å². The molecule has 0 amide bonds. The highest BCUT2D eigenvalue weighted by Crippen LogP contribution is 2.42. The molecule has 1 aliphatic rings. The summed E-state index contributed by atoms with van der Waals surface area (Å²) >= 11 is 6.03. The largest absolute Gasteiger partial charge is 0.496 e. The maximum atomic E-state index is 8.73. The quantitative estimate of drug-likeness (QED) is 0.826. The maximum absolute atomic E-state index is 8.73. The SMILES string of the molecule is COc1ccc(Cl)cc1C1(CCC#N)COC1. The van der Waals surface area contributed by atoms with Crippen molar-refractivity contribution in [2.24, 2.45) is 0 Å². The smallest absolute Gasteiger partial charge is 0.122 e. The standard InChI is InChI=1S/C13H14ClNO2/c1-16-12-4-3-10(14)7-11(12)13(5-2-6-15)8-17-9-13/h3-4,7H,2,5,8-9H2,1H3. The van der Waals surface area contributed by atoms with Crippen LogP contribution in [0.25, 0.3) is 0 Å². The number of nitrogens with zero attached hydrogens (tertiary/aromatic N) is 1. The van der Waals surface area contributed by atoms with Crippen molar-refractivity contribution in [3.63, 3.8) is 0 Å². The van der Waals surface area contributed by atoms with Gasteiger partial charge in [0, 0.05) is 22.4 Å². The minimum Gasteiger partial charge on any atom is -0.496 e. The van der Waals surface area contributed by atoms with Crippen LogP contribution in [0, 0.1) is 11.3 Å². The lowest BCUT2D eigenvalue weighted by atomic mass is 9.74.